The molecular formula is C32H38BrO2P. The minimum absolute atomic E-state index is 0.202. The molecule has 2 fully saturated rings. The van der Waals surface area contributed by atoms with Crippen molar-refractivity contribution in [3.8, 4) is 33.8 Å². The van der Waals surface area contributed by atoms with Gasteiger partial charge in [-0.3, -0.25) is 0 Å². The van der Waals surface area contributed by atoms with Gasteiger partial charge >= 0.3 is 0 Å². The van der Waals surface area contributed by atoms with E-state index in [0.29, 0.717) is 0 Å². The Morgan fingerprint density at radius 2 is 1.11 bits per heavy atom. The molecule has 4 heteroatoms. The average molecular weight is 566 g/mol. The van der Waals surface area contributed by atoms with Crippen LogP contribution in [0.5, 0.6) is 11.5 Å². The Morgan fingerprint density at radius 3 is 1.69 bits per heavy atom. The summed E-state index contributed by atoms with van der Waals surface area (Å²) in [5.41, 5.74) is 6.52. The lowest BCUT2D eigenvalue weighted by atomic mass is 9.97. The molecular weight excluding hydrogens is 527 g/mol. The lowest BCUT2D eigenvalue weighted by molar-refractivity contribution is 0.397. The van der Waals surface area contributed by atoms with Crippen LogP contribution in [0.4, 0.5) is 0 Å². The van der Waals surface area contributed by atoms with Crippen molar-refractivity contribution in [3.05, 3.63) is 65.1 Å². The summed E-state index contributed by atoms with van der Waals surface area (Å²) in [6, 6.07) is 22.0. The number of methoxy groups -OCH3 is 2. The Kier molecular flexibility index (Phi) is 8.70. The molecule has 2 aliphatic rings. The minimum atomic E-state index is -0.202. The summed E-state index contributed by atoms with van der Waals surface area (Å²) >= 11 is 4.05. The maximum Gasteiger partial charge on any atom is 0.130 e. The van der Waals surface area contributed by atoms with Crippen LogP contribution < -0.4 is 14.8 Å². The normalized spacial score (nSPS) is 17.3. The summed E-state index contributed by atoms with van der Waals surface area (Å²) in [5.74, 6) is 1.65. The van der Waals surface area contributed by atoms with E-state index in [1.807, 2.05) is 18.2 Å². The maximum atomic E-state index is 5.77. The summed E-state index contributed by atoms with van der Waals surface area (Å²) in [5, 5.41) is 1.62. The molecule has 2 aliphatic carbocycles. The first kappa shape index (κ1) is 25.8. The number of benzene rings is 3. The highest BCUT2D eigenvalue weighted by Crippen LogP contribution is 2.56. The van der Waals surface area contributed by atoms with E-state index in [1.165, 1.54) is 75.3 Å². The summed E-state index contributed by atoms with van der Waals surface area (Å²) in [6.45, 7) is 0. The highest BCUT2D eigenvalue weighted by Gasteiger charge is 2.34. The molecule has 0 N–H and O–H groups in total. The van der Waals surface area contributed by atoms with E-state index in [2.05, 4.69) is 58.4 Å². The molecule has 0 aromatic heterocycles. The lowest BCUT2D eigenvalue weighted by Gasteiger charge is -2.39. The van der Waals surface area contributed by atoms with Crippen molar-refractivity contribution in [1.82, 2.24) is 0 Å². The lowest BCUT2D eigenvalue weighted by Crippen LogP contribution is -2.27. The van der Waals surface area contributed by atoms with Gasteiger partial charge in [-0.1, -0.05) is 95.0 Å². The van der Waals surface area contributed by atoms with E-state index >= 15 is 0 Å². The summed E-state index contributed by atoms with van der Waals surface area (Å²) in [4.78, 5) is 0. The Labute approximate surface area is 226 Å². The van der Waals surface area contributed by atoms with Gasteiger partial charge in [0.05, 0.1) is 19.8 Å². The first-order valence-electron chi connectivity index (χ1n) is 13.6. The molecule has 0 amide bonds. The molecule has 0 atom stereocenters. The fraction of sp³-hybridized carbons (Fsp3) is 0.438. The van der Waals surface area contributed by atoms with Crippen molar-refractivity contribution in [2.45, 2.75) is 75.5 Å². The number of halogens is 1. The summed E-state index contributed by atoms with van der Waals surface area (Å²) in [7, 11) is 3.26. The molecule has 0 radical (unpaired) electrons. The third-order valence-electron chi connectivity index (χ3n) is 8.10. The van der Waals surface area contributed by atoms with Gasteiger partial charge in [0.25, 0.3) is 0 Å². The van der Waals surface area contributed by atoms with Crippen LogP contribution in [-0.4, -0.2) is 25.5 Å². The third-order valence-corrected chi connectivity index (χ3v) is 12.5. The van der Waals surface area contributed by atoms with Crippen LogP contribution >= 0.6 is 23.9 Å². The topological polar surface area (TPSA) is 18.5 Å². The van der Waals surface area contributed by atoms with Gasteiger partial charge in [-0.05, 0) is 81.5 Å². The van der Waals surface area contributed by atoms with Crippen LogP contribution in [0.15, 0.2) is 65.1 Å². The van der Waals surface area contributed by atoms with Crippen LogP contribution in [0.2, 0.25) is 0 Å². The van der Waals surface area contributed by atoms with E-state index in [0.717, 1.165) is 38.4 Å². The minimum Gasteiger partial charge on any atom is -0.496 e. The Bertz CT molecular complexity index is 1120. The Hall–Kier alpha value is -1.83. The number of hydrogen-bond donors (Lipinski definition) is 0. The average Bonchev–Trinajstić information content (AvgIpc) is 2.94. The van der Waals surface area contributed by atoms with Crippen LogP contribution in [-0.2, 0) is 0 Å². The SMILES string of the molecule is COc1cccc(OC)c1-c1cccc(-c2ccccc2P(C2CCCCC2)C2CCCCC2)c1Br. The molecule has 0 bridgehead atoms. The van der Waals surface area contributed by atoms with Gasteiger partial charge in [-0.25, -0.2) is 0 Å². The van der Waals surface area contributed by atoms with E-state index in [9.17, 15) is 0 Å². The molecule has 5 rings (SSSR count). The zero-order chi connectivity index (χ0) is 24.9. The van der Waals surface area contributed by atoms with Crippen molar-refractivity contribution in [2.24, 2.45) is 0 Å². The van der Waals surface area contributed by atoms with Gasteiger partial charge in [-0.2, -0.15) is 0 Å². The summed E-state index contributed by atoms with van der Waals surface area (Å²) < 4.78 is 12.6. The molecule has 3 aromatic rings. The predicted molar refractivity (Wildman–Crippen MR) is 158 cm³/mol. The van der Waals surface area contributed by atoms with Gasteiger partial charge in [-0.15, -0.1) is 0 Å². The molecule has 0 spiro atoms. The highest BCUT2D eigenvalue weighted by molar-refractivity contribution is 9.10. The molecule has 2 nitrogen and oxygen atoms in total. The van der Waals surface area contributed by atoms with Gasteiger partial charge in [0.15, 0.2) is 0 Å². The number of ether oxygens (including phenoxy) is 2. The second kappa shape index (κ2) is 12.1. The first-order valence-corrected chi connectivity index (χ1v) is 15.9. The van der Waals surface area contributed by atoms with E-state index in [-0.39, 0.29) is 7.92 Å². The van der Waals surface area contributed by atoms with Crippen LogP contribution in [0.1, 0.15) is 64.2 Å². The van der Waals surface area contributed by atoms with Crippen LogP contribution in [0, 0.1) is 0 Å². The molecule has 0 unspecified atom stereocenters. The zero-order valence-corrected chi connectivity index (χ0v) is 24.1. The standard InChI is InChI=1S/C32H38BrO2P/c1-34-28-20-12-21-29(35-2)31(28)27-19-11-18-26(32(27)33)25-17-9-10-22-30(25)36(23-13-5-3-6-14-23)24-15-7-4-8-16-24/h9-12,17-24H,3-8,13-16H2,1-2H3. The number of hydrogen-bond acceptors (Lipinski definition) is 2. The molecule has 36 heavy (non-hydrogen) atoms. The fourth-order valence-electron chi connectivity index (χ4n) is 6.39. The highest BCUT2D eigenvalue weighted by atomic mass is 79.9. The Morgan fingerprint density at radius 1 is 0.611 bits per heavy atom. The fourth-order valence-corrected chi connectivity index (χ4v) is 11.0. The van der Waals surface area contributed by atoms with Crippen molar-refractivity contribution < 1.29 is 9.47 Å². The van der Waals surface area contributed by atoms with E-state index in [1.54, 1.807) is 19.5 Å². The third kappa shape index (κ3) is 5.25. The van der Waals surface area contributed by atoms with Gasteiger partial charge in [0.2, 0.25) is 0 Å². The van der Waals surface area contributed by atoms with Crippen LogP contribution in [0.25, 0.3) is 22.3 Å². The first-order chi connectivity index (χ1) is 17.7. The smallest absolute Gasteiger partial charge is 0.130 e. The van der Waals surface area contributed by atoms with Crippen molar-refractivity contribution >= 4 is 29.2 Å². The van der Waals surface area contributed by atoms with Gasteiger partial charge < -0.3 is 9.47 Å². The number of rotatable bonds is 7. The quantitative estimate of drug-likeness (QED) is 0.266. The van der Waals surface area contributed by atoms with Gasteiger partial charge in [0, 0.05) is 10.0 Å². The predicted octanol–water partition coefficient (Wildman–Crippen LogP) is 9.57. The van der Waals surface area contributed by atoms with Crippen molar-refractivity contribution in [3.63, 3.8) is 0 Å². The molecule has 0 heterocycles. The monoisotopic (exact) mass is 564 g/mol. The van der Waals surface area contributed by atoms with Crippen LogP contribution in [0.3, 0.4) is 0 Å². The molecule has 3 aromatic carbocycles. The maximum absolute atomic E-state index is 5.77. The van der Waals surface area contributed by atoms with Crippen molar-refractivity contribution in [2.75, 3.05) is 14.2 Å². The van der Waals surface area contributed by atoms with E-state index < -0.39 is 0 Å². The summed E-state index contributed by atoms with van der Waals surface area (Å²) in [6.07, 6.45) is 14.1. The molecule has 2 saturated carbocycles. The molecule has 0 saturated heterocycles. The van der Waals surface area contributed by atoms with Crippen molar-refractivity contribution in [1.29, 1.82) is 0 Å². The second-order valence-electron chi connectivity index (χ2n) is 10.2. The largest absolute Gasteiger partial charge is 0.496 e. The second-order valence-corrected chi connectivity index (χ2v) is 13.8. The van der Waals surface area contributed by atoms with E-state index in [4.69, 9.17) is 9.47 Å². The molecule has 0 aliphatic heterocycles. The molecule has 190 valence electrons. The zero-order valence-electron chi connectivity index (χ0n) is 21.6. The van der Waals surface area contributed by atoms with Gasteiger partial charge in [0.1, 0.15) is 11.5 Å². The Balaban J connectivity index is 1.63.